The van der Waals surface area contributed by atoms with Crippen molar-refractivity contribution in [2.75, 3.05) is 19.0 Å². The number of anilines is 1. The summed E-state index contributed by atoms with van der Waals surface area (Å²) >= 11 is 0. The highest BCUT2D eigenvalue weighted by Gasteiger charge is 2.15. The van der Waals surface area contributed by atoms with Crippen molar-refractivity contribution < 1.29 is 4.74 Å². The molecule has 0 aliphatic rings. The second-order valence-corrected chi connectivity index (χ2v) is 6.38. The molecular formula is C23H19N5O. The van der Waals surface area contributed by atoms with Gasteiger partial charge in [-0.05, 0) is 54.4 Å². The number of benzene rings is 2. The van der Waals surface area contributed by atoms with Crippen LogP contribution in [-0.2, 0) is 0 Å². The molecule has 0 atom stereocenters. The van der Waals surface area contributed by atoms with Crippen LogP contribution in [0.15, 0.2) is 60.9 Å². The van der Waals surface area contributed by atoms with Crippen molar-refractivity contribution in [2.45, 2.75) is 6.92 Å². The van der Waals surface area contributed by atoms with E-state index in [0.29, 0.717) is 29.6 Å². The van der Waals surface area contributed by atoms with E-state index in [1.165, 1.54) is 0 Å². The summed E-state index contributed by atoms with van der Waals surface area (Å²) in [6.45, 7) is 2.47. The van der Waals surface area contributed by atoms with Gasteiger partial charge in [0, 0.05) is 30.4 Å². The van der Waals surface area contributed by atoms with E-state index >= 15 is 0 Å². The summed E-state index contributed by atoms with van der Waals surface area (Å²) in [5, 5.41) is 13.1. The first-order chi connectivity index (χ1) is 14.2. The first-order valence-corrected chi connectivity index (χ1v) is 9.30. The number of nitrogens with zero attached hydrogens (tertiary/aromatic N) is 4. The molecule has 0 aliphatic heterocycles. The van der Waals surface area contributed by atoms with Gasteiger partial charge in [0.25, 0.3) is 0 Å². The summed E-state index contributed by atoms with van der Waals surface area (Å²) in [7, 11) is 1.84. The van der Waals surface area contributed by atoms with Crippen molar-refractivity contribution in [3.05, 3.63) is 66.5 Å². The van der Waals surface area contributed by atoms with Crippen molar-refractivity contribution in [1.29, 1.82) is 5.26 Å². The van der Waals surface area contributed by atoms with Crippen LogP contribution in [0.1, 0.15) is 12.5 Å². The first kappa shape index (κ1) is 18.4. The van der Waals surface area contributed by atoms with Crippen LogP contribution in [0.2, 0.25) is 0 Å². The lowest BCUT2D eigenvalue weighted by Gasteiger charge is -2.14. The Bertz CT molecular complexity index is 1200. The van der Waals surface area contributed by atoms with Crippen LogP contribution in [0.3, 0.4) is 0 Å². The van der Waals surface area contributed by atoms with E-state index in [1.807, 2.05) is 50.4 Å². The third-order valence-electron chi connectivity index (χ3n) is 4.57. The van der Waals surface area contributed by atoms with Gasteiger partial charge in [-0.15, -0.1) is 0 Å². The predicted octanol–water partition coefficient (Wildman–Crippen LogP) is 4.67. The molecule has 6 nitrogen and oxygen atoms in total. The highest BCUT2D eigenvalue weighted by atomic mass is 16.5. The Morgan fingerprint density at radius 3 is 2.52 bits per heavy atom. The topological polar surface area (TPSA) is 83.7 Å². The van der Waals surface area contributed by atoms with E-state index in [0.717, 1.165) is 27.6 Å². The minimum atomic E-state index is 0.521. The van der Waals surface area contributed by atoms with Crippen LogP contribution < -0.4 is 10.1 Å². The average Bonchev–Trinajstić information content (AvgIpc) is 2.79. The van der Waals surface area contributed by atoms with E-state index in [4.69, 9.17) is 20.0 Å². The molecule has 4 rings (SSSR count). The van der Waals surface area contributed by atoms with Crippen LogP contribution in [0, 0.1) is 11.3 Å². The van der Waals surface area contributed by atoms with E-state index in [2.05, 4.69) is 16.4 Å². The summed E-state index contributed by atoms with van der Waals surface area (Å²) < 4.78 is 5.93. The number of aromatic nitrogens is 3. The van der Waals surface area contributed by atoms with Gasteiger partial charge in [0.1, 0.15) is 17.1 Å². The third kappa shape index (κ3) is 3.58. The van der Waals surface area contributed by atoms with Gasteiger partial charge in [-0.25, -0.2) is 9.97 Å². The molecule has 2 aromatic heterocycles. The lowest BCUT2D eigenvalue weighted by molar-refractivity contribution is 0.344. The second kappa shape index (κ2) is 7.95. The molecule has 29 heavy (non-hydrogen) atoms. The van der Waals surface area contributed by atoms with Gasteiger partial charge in [-0.2, -0.15) is 5.26 Å². The highest BCUT2D eigenvalue weighted by Crippen LogP contribution is 2.36. The Balaban J connectivity index is 1.94. The van der Waals surface area contributed by atoms with Gasteiger partial charge in [0.2, 0.25) is 0 Å². The molecule has 0 saturated carbocycles. The molecule has 0 aliphatic carbocycles. The summed E-state index contributed by atoms with van der Waals surface area (Å²) in [5.41, 5.74) is 4.16. The summed E-state index contributed by atoms with van der Waals surface area (Å²) in [4.78, 5) is 13.6. The Labute approximate surface area is 168 Å². The molecule has 0 spiro atoms. The van der Waals surface area contributed by atoms with Gasteiger partial charge in [-0.3, -0.25) is 4.98 Å². The molecule has 4 aromatic rings. The molecule has 6 heteroatoms. The lowest BCUT2D eigenvalue weighted by Crippen LogP contribution is -2.02. The third-order valence-corrected chi connectivity index (χ3v) is 4.57. The van der Waals surface area contributed by atoms with Gasteiger partial charge in [0.15, 0.2) is 5.82 Å². The van der Waals surface area contributed by atoms with Crippen molar-refractivity contribution in [2.24, 2.45) is 0 Å². The van der Waals surface area contributed by atoms with E-state index in [9.17, 15) is 0 Å². The van der Waals surface area contributed by atoms with E-state index in [-0.39, 0.29) is 0 Å². The van der Waals surface area contributed by atoms with E-state index in [1.54, 1.807) is 24.5 Å². The van der Waals surface area contributed by atoms with Crippen LogP contribution in [0.25, 0.3) is 33.4 Å². The molecule has 2 aromatic carbocycles. The molecule has 0 fully saturated rings. The van der Waals surface area contributed by atoms with Crippen molar-refractivity contribution in [1.82, 2.24) is 15.0 Å². The predicted molar refractivity (Wildman–Crippen MR) is 114 cm³/mol. The molecule has 0 bridgehead atoms. The smallest absolute Gasteiger partial charge is 0.163 e. The van der Waals surface area contributed by atoms with Crippen molar-refractivity contribution in [3.63, 3.8) is 0 Å². The summed E-state index contributed by atoms with van der Waals surface area (Å²) in [5.74, 6) is 1.99. The summed E-state index contributed by atoms with van der Waals surface area (Å²) in [6, 6.07) is 17.4. The van der Waals surface area contributed by atoms with Crippen LogP contribution >= 0.6 is 0 Å². The SMILES string of the molecule is CCOc1cc(-c2ccc(C#N)cc2)cc2c(NC)nc(-c3cccnc3)nc12. The van der Waals surface area contributed by atoms with Crippen molar-refractivity contribution >= 4 is 16.7 Å². The van der Waals surface area contributed by atoms with Crippen LogP contribution in [-0.4, -0.2) is 28.6 Å². The van der Waals surface area contributed by atoms with Gasteiger partial charge < -0.3 is 10.1 Å². The maximum Gasteiger partial charge on any atom is 0.163 e. The molecule has 142 valence electrons. The number of ether oxygens (including phenoxy) is 1. The molecule has 1 N–H and O–H groups in total. The van der Waals surface area contributed by atoms with Gasteiger partial charge in [-0.1, -0.05) is 12.1 Å². The zero-order chi connectivity index (χ0) is 20.2. The van der Waals surface area contributed by atoms with E-state index < -0.39 is 0 Å². The lowest BCUT2D eigenvalue weighted by atomic mass is 10.0. The number of rotatable bonds is 5. The number of fused-ring (bicyclic) bond motifs is 1. The normalized spacial score (nSPS) is 10.5. The second-order valence-electron chi connectivity index (χ2n) is 6.38. The fourth-order valence-corrected chi connectivity index (χ4v) is 3.18. The van der Waals surface area contributed by atoms with Crippen LogP contribution in [0.5, 0.6) is 5.75 Å². The molecule has 0 saturated heterocycles. The quantitative estimate of drug-likeness (QED) is 0.541. The first-order valence-electron chi connectivity index (χ1n) is 9.30. The molecular weight excluding hydrogens is 362 g/mol. The van der Waals surface area contributed by atoms with Crippen LogP contribution in [0.4, 0.5) is 5.82 Å². The Morgan fingerprint density at radius 2 is 1.86 bits per heavy atom. The minimum Gasteiger partial charge on any atom is -0.492 e. The Hall–Kier alpha value is -3.98. The fourth-order valence-electron chi connectivity index (χ4n) is 3.18. The monoisotopic (exact) mass is 381 g/mol. The Kier molecular flexibility index (Phi) is 5.04. The van der Waals surface area contributed by atoms with Gasteiger partial charge >= 0.3 is 0 Å². The molecule has 2 heterocycles. The Morgan fingerprint density at radius 1 is 1.03 bits per heavy atom. The standard InChI is InChI=1S/C23H19N5O/c1-3-29-20-12-18(16-8-6-15(13-24)7-9-16)11-19-21(20)27-22(28-23(19)25-2)17-5-4-10-26-14-17/h4-12,14H,3H2,1-2H3,(H,25,27,28). The maximum atomic E-state index is 9.04. The zero-order valence-corrected chi connectivity index (χ0v) is 16.2. The number of hydrogen-bond acceptors (Lipinski definition) is 6. The highest BCUT2D eigenvalue weighted by molar-refractivity contribution is 5.97. The summed E-state index contributed by atoms with van der Waals surface area (Å²) in [6.07, 6.45) is 3.46. The number of pyridine rings is 1. The molecule has 0 unspecified atom stereocenters. The number of nitriles is 1. The minimum absolute atomic E-state index is 0.521. The number of hydrogen-bond donors (Lipinski definition) is 1. The fraction of sp³-hybridized carbons (Fsp3) is 0.130. The molecule has 0 amide bonds. The maximum absolute atomic E-state index is 9.04. The van der Waals surface area contributed by atoms with Crippen molar-refractivity contribution in [3.8, 4) is 34.3 Å². The zero-order valence-electron chi connectivity index (χ0n) is 16.2. The largest absolute Gasteiger partial charge is 0.492 e. The molecule has 0 radical (unpaired) electrons. The van der Waals surface area contributed by atoms with Gasteiger partial charge in [0.05, 0.1) is 18.2 Å². The average molecular weight is 381 g/mol. The number of nitrogens with one attached hydrogen (secondary N) is 1.